The molecule has 0 saturated heterocycles. The molecule has 0 fully saturated rings. The van der Waals surface area contributed by atoms with Crippen LogP contribution in [0.25, 0.3) is 11.1 Å². The quantitative estimate of drug-likeness (QED) is 0.361. The average molecular weight is 195 g/mol. The van der Waals surface area contributed by atoms with Gasteiger partial charge >= 0.3 is 29.6 Å². The molecule has 0 unspecified atom stereocenters. The second-order valence-electron chi connectivity index (χ2n) is 2.07. The zero-order valence-corrected chi connectivity index (χ0v) is 9.34. The van der Waals surface area contributed by atoms with Crippen LogP contribution in [0.3, 0.4) is 0 Å². The Morgan fingerprint density at radius 2 is 1.25 bits per heavy atom. The molecule has 0 spiro atoms. The molecule has 4 nitrogen and oxygen atoms in total. The molecular weight excluding hydrogens is 189 g/mol. The van der Waals surface area contributed by atoms with Crippen molar-refractivity contribution >= 4 is 10.3 Å². The SMILES string of the molecule is NS(=O)(=O)[O-].[Na+].c1cc2ccc1-2. The van der Waals surface area contributed by atoms with Crippen LogP contribution in [0.2, 0.25) is 0 Å². The Balaban J connectivity index is 0.000000191. The van der Waals surface area contributed by atoms with Crippen LogP contribution in [0.5, 0.6) is 0 Å². The van der Waals surface area contributed by atoms with E-state index in [1.54, 1.807) is 0 Å². The molecule has 0 amide bonds. The molecule has 0 aromatic heterocycles. The maximum atomic E-state index is 8.85. The Morgan fingerprint density at radius 3 is 1.25 bits per heavy atom. The summed E-state index contributed by atoms with van der Waals surface area (Å²) < 4.78 is 26.6. The van der Waals surface area contributed by atoms with E-state index in [-0.39, 0.29) is 29.6 Å². The van der Waals surface area contributed by atoms with E-state index in [0.29, 0.717) is 0 Å². The molecule has 2 aliphatic carbocycles. The van der Waals surface area contributed by atoms with Gasteiger partial charge in [0.2, 0.25) is 0 Å². The Hall–Kier alpha value is 0.0900. The van der Waals surface area contributed by atoms with Gasteiger partial charge < -0.3 is 4.55 Å². The molecule has 2 aliphatic rings. The van der Waals surface area contributed by atoms with Gasteiger partial charge in [0.1, 0.15) is 0 Å². The van der Waals surface area contributed by atoms with Gasteiger partial charge in [-0.15, -0.1) is 0 Å². The van der Waals surface area contributed by atoms with Crippen LogP contribution >= 0.6 is 0 Å². The standard InChI is InChI=1S/C6H4.H3NO3S.Na/c1-2-6-4-3-5(1)6;1-5(2,3)4;/h1-4H;(H3,1,2,3,4);/q;;+1/p-1. The first-order valence-corrected chi connectivity index (χ1v) is 4.28. The molecular formula is C6H6NNaO3S. The van der Waals surface area contributed by atoms with Gasteiger partial charge in [0.25, 0.3) is 0 Å². The van der Waals surface area contributed by atoms with E-state index in [2.05, 4.69) is 29.4 Å². The topological polar surface area (TPSA) is 83.2 Å². The van der Waals surface area contributed by atoms with Crippen molar-refractivity contribution < 1.29 is 42.5 Å². The van der Waals surface area contributed by atoms with Crippen molar-refractivity contribution in [2.75, 3.05) is 0 Å². The molecule has 0 atom stereocenters. The number of nitrogens with two attached hydrogens (primary N) is 1. The summed E-state index contributed by atoms with van der Waals surface area (Å²) in [5.74, 6) is 0. The molecule has 0 aromatic rings. The molecule has 0 aromatic carbocycles. The van der Waals surface area contributed by atoms with Gasteiger partial charge in [-0.1, -0.05) is 24.3 Å². The molecule has 60 valence electrons. The maximum absolute atomic E-state index is 8.85. The summed E-state index contributed by atoms with van der Waals surface area (Å²) in [5, 5.41) is 3.77. The van der Waals surface area contributed by atoms with E-state index in [9.17, 15) is 0 Å². The number of hydrogen-bond acceptors (Lipinski definition) is 3. The fraction of sp³-hybridized carbons (Fsp3) is 0. The predicted octanol–water partition coefficient (Wildman–Crippen LogP) is -2.92. The summed E-state index contributed by atoms with van der Waals surface area (Å²) in [5.41, 5.74) is 2.85. The first-order chi connectivity index (χ1) is 4.97. The Bertz CT molecular complexity index is 317. The van der Waals surface area contributed by atoms with Crippen molar-refractivity contribution in [3.63, 3.8) is 0 Å². The van der Waals surface area contributed by atoms with Crippen LogP contribution in [0, 0.1) is 0 Å². The van der Waals surface area contributed by atoms with Gasteiger partial charge in [-0.3, -0.25) is 0 Å². The van der Waals surface area contributed by atoms with Crippen LogP contribution in [-0.2, 0) is 10.3 Å². The third kappa shape index (κ3) is 4.20. The summed E-state index contributed by atoms with van der Waals surface area (Å²) in [6.45, 7) is 0. The molecule has 0 heterocycles. The van der Waals surface area contributed by atoms with Crippen molar-refractivity contribution in [3.8, 4) is 11.1 Å². The minimum atomic E-state index is -4.42. The van der Waals surface area contributed by atoms with Crippen molar-refractivity contribution in [2.24, 2.45) is 5.14 Å². The minimum absolute atomic E-state index is 0. The first kappa shape index (κ1) is 12.1. The molecule has 0 bridgehead atoms. The van der Waals surface area contributed by atoms with Crippen LogP contribution in [0.15, 0.2) is 24.3 Å². The van der Waals surface area contributed by atoms with Gasteiger partial charge in [0.05, 0.1) is 0 Å². The number of rotatable bonds is 0. The first-order valence-electron chi connectivity index (χ1n) is 2.81. The molecule has 0 saturated carbocycles. The Kier molecular flexibility index (Phi) is 4.39. The Morgan fingerprint density at radius 1 is 1.08 bits per heavy atom. The van der Waals surface area contributed by atoms with Crippen molar-refractivity contribution in [2.45, 2.75) is 0 Å². The van der Waals surface area contributed by atoms with Crippen molar-refractivity contribution in [3.05, 3.63) is 24.3 Å². The molecule has 2 rings (SSSR count). The van der Waals surface area contributed by atoms with E-state index >= 15 is 0 Å². The molecule has 0 aliphatic heterocycles. The minimum Gasteiger partial charge on any atom is -0.736 e. The fourth-order valence-corrected chi connectivity index (χ4v) is 0.663. The van der Waals surface area contributed by atoms with Crippen LogP contribution < -0.4 is 34.7 Å². The monoisotopic (exact) mass is 195 g/mol. The van der Waals surface area contributed by atoms with E-state index < -0.39 is 10.3 Å². The summed E-state index contributed by atoms with van der Waals surface area (Å²) in [6.07, 6.45) is 0. The second-order valence-corrected chi connectivity index (χ2v) is 3.06. The van der Waals surface area contributed by atoms with Gasteiger partial charge in [0, 0.05) is 0 Å². The van der Waals surface area contributed by atoms with Gasteiger partial charge in [-0.05, 0) is 11.1 Å². The molecule has 2 N–H and O–H groups in total. The van der Waals surface area contributed by atoms with Gasteiger partial charge in [0.15, 0.2) is 10.3 Å². The average Bonchev–Trinajstić information content (AvgIpc) is 1.74. The smallest absolute Gasteiger partial charge is 0.736 e. The zero-order chi connectivity index (χ0) is 8.48. The number of fused-ring (bicyclic) bond motifs is 1. The number of hydrogen-bond donors (Lipinski definition) is 1. The summed E-state index contributed by atoms with van der Waals surface area (Å²) >= 11 is 0. The van der Waals surface area contributed by atoms with E-state index in [4.69, 9.17) is 13.0 Å². The normalized spacial score (nSPS) is 10.5. The largest absolute Gasteiger partial charge is 1.00 e. The van der Waals surface area contributed by atoms with E-state index in [1.165, 1.54) is 11.1 Å². The number of benzene rings is 1. The molecule has 12 heavy (non-hydrogen) atoms. The van der Waals surface area contributed by atoms with E-state index in [1.807, 2.05) is 0 Å². The Labute approximate surface area is 92.9 Å². The second kappa shape index (κ2) is 4.36. The molecule has 6 heteroatoms. The van der Waals surface area contributed by atoms with Crippen LogP contribution in [0.1, 0.15) is 0 Å². The van der Waals surface area contributed by atoms with Crippen LogP contribution in [0.4, 0.5) is 0 Å². The van der Waals surface area contributed by atoms with Gasteiger partial charge in [-0.2, -0.15) is 0 Å². The maximum Gasteiger partial charge on any atom is 1.00 e. The fourth-order valence-electron chi connectivity index (χ4n) is 0.663. The zero-order valence-electron chi connectivity index (χ0n) is 6.52. The summed E-state index contributed by atoms with van der Waals surface area (Å²) in [6, 6.07) is 8.48. The molecule has 0 radical (unpaired) electrons. The summed E-state index contributed by atoms with van der Waals surface area (Å²) in [7, 11) is -4.42. The van der Waals surface area contributed by atoms with Gasteiger partial charge in [-0.25, -0.2) is 13.6 Å². The van der Waals surface area contributed by atoms with Crippen molar-refractivity contribution in [1.82, 2.24) is 0 Å². The van der Waals surface area contributed by atoms with Crippen LogP contribution in [-0.4, -0.2) is 13.0 Å². The van der Waals surface area contributed by atoms with Crippen molar-refractivity contribution in [1.29, 1.82) is 0 Å². The summed E-state index contributed by atoms with van der Waals surface area (Å²) in [4.78, 5) is 0. The van der Waals surface area contributed by atoms with E-state index in [0.717, 1.165) is 0 Å². The third-order valence-corrected chi connectivity index (χ3v) is 1.22. The predicted molar refractivity (Wildman–Crippen MR) is 39.3 cm³/mol. The third-order valence-electron chi connectivity index (χ3n) is 1.22.